The van der Waals surface area contributed by atoms with Gasteiger partial charge in [-0.2, -0.15) is 13.2 Å². The van der Waals surface area contributed by atoms with Gasteiger partial charge in [-0.15, -0.1) is 0 Å². The van der Waals surface area contributed by atoms with Crippen molar-refractivity contribution < 1.29 is 18.0 Å². The molecule has 2 atom stereocenters. The Labute approximate surface area is 188 Å². The number of piperidine rings is 1. The highest BCUT2D eigenvalue weighted by molar-refractivity contribution is 6.34. The highest BCUT2D eigenvalue weighted by Crippen LogP contribution is 2.38. The van der Waals surface area contributed by atoms with Crippen LogP contribution in [0.2, 0.25) is 5.02 Å². The van der Waals surface area contributed by atoms with Crippen molar-refractivity contribution in [1.82, 2.24) is 14.8 Å². The number of aromatic nitrogens is 1. The maximum atomic E-state index is 13.3. The van der Waals surface area contributed by atoms with Crippen LogP contribution in [0.1, 0.15) is 46.6 Å². The molecule has 2 bridgehead atoms. The lowest BCUT2D eigenvalue weighted by atomic mass is 9.89. The number of rotatable bonds is 2. The van der Waals surface area contributed by atoms with Crippen LogP contribution in [0.4, 0.5) is 13.2 Å². The van der Waals surface area contributed by atoms with Crippen molar-refractivity contribution in [1.29, 1.82) is 10.8 Å². The zero-order chi connectivity index (χ0) is 23.2. The molecule has 6 nitrogen and oxygen atoms in total. The Kier molecular flexibility index (Phi) is 5.70. The summed E-state index contributed by atoms with van der Waals surface area (Å²) in [6.07, 6.45) is -2.79. The quantitative estimate of drug-likeness (QED) is 0.498. The van der Waals surface area contributed by atoms with E-state index in [1.54, 1.807) is 12.1 Å². The maximum Gasteiger partial charge on any atom is 0.417 e. The molecule has 2 fully saturated rings. The molecule has 0 aliphatic carbocycles. The number of hydrogen-bond donors (Lipinski definition) is 2. The Morgan fingerprint density at radius 3 is 2.59 bits per heavy atom. The summed E-state index contributed by atoms with van der Waals surface area (Å²) in [5, 5.41) is 16.6. The van der Waals surface area contributed by atoms with Gasteiger partial charge in [0.05, 0.1) is 28.2 Å². The van der Waals surface area contributed by atoms with Crippen LogP contribution in [0.15, 0.2) is 36.4 Å². The van der Waals surface area contributed by atoms with Gasteiger partial charge in [0.25, 0.3) is 5.91 Å². The van der Waals surface area contributed by atoms with Crippen molar-refractivity contribution in [3.05, 3.63) is 63.9 Å². The number of alkyl halides is 3. The van der Waals surface area contributed by atoms with Crippen molar-refractivity contribution in [2.24, 2.45) is 0 Å². The second-order valence-corrected chi connectivity index (χ2v) is 8.36. The third kappa shape index (κ3) is 3.85. The van der Waals surface area contributed by atoms with Gasteiger partial charge in [-0.25, -0.2) is 4.98 Å². The molecule has 1 aromatic heterocycles. The summed E-state index contributed by atoms with van der Waals surface area (Å²) >= 11 is 6.00. The number of halogens is 4. The van der Waals surface area contributed by atoms with Gasteiger partial charge in [-0.3, -0.25) is 15.6 Å². The minimum atomic E-state index is -4.68. The zero-order valence-electron chi connectivity index (χ0n) is 17.2. The van der Waals surface area contributed by atoms with E-state index in [0.717, 1.165) is 18.2 Å². The summed E-state index contributed by atoms with van der Waals surface area (Å²) in [6, 6.07) is 7.58. The summed E-state index contributed by atoms with van der Waals surface area (Å²) in [4.78, 5) is 20.7. The molecule has 2 unspecified atom stereocenters. The average Bonchev–Trinajstić information content (AvgIpc) is 2.74. The summed E-state index contributed by atoms with van der Waals surface area (Å²) in [6.45, 7) is 2.01. The summed E-state index contributed by atoms with van der Waals surface area (Å²) in [5.74, 6) is -0.495. The Morgan fingerprint density at radius 1 is 1.19 bits per heavy atom. The molecule has 2 aliphatic rings. The van der Waals surface area contributed by atoms with Crippen molar-refractivity contribution in [2.45, 2.75) is 44.4 Å². The van der Waals surface area contributed by atoms with Crippen LogP contribution in [-0.4, -0.2) is 51.0 Å². The molecule has 32 heavy (non-hydrogen) atoms. The van der Waals surface area contributed by atoms with Gasteiger partial charge in [0.1, 0.15) is 11.5 Å². The van der Waals surface area contributed by atoms with Gasteiger partial charge in [0.2, 0.25) is 0 Å². The van der Waals surface area contributed by atoms with E-state index in [1.807, 2.05) is 13.0 Å². The van der Waals surface area contributed by atoms with Gasteiger partial charge in [-0.1, -0.05) is 23.7 Å². The predicted octanol–water partition coefficient (Wildman–Crippen LogP) is 4.74. The molecule has 10 heteroatoms. The molecule has 168 valence electrons. The molecule has 2 aliphatic heterocycles. The van der Waals surface area contributed by atoms with Crippen LogP contribution >= 0.6 is 11.6 Å². The Hall–Kier alpha value is -2.94. The topological polar surface area (TPSA) is 84.1 Å². The van der Waals surface area contributed by atoms with Crippen molar-refractivity contribution in [3.8, 4) is 0 Å². The minimum absolute atomic E-state index is 0.0608. The van der Waals surface area contributed by atoms with Crippen molar-refractivity contribution in [3.63, 3.8) is 0 Å². The lowest BCUT2D eigenvalue weighted by Crippen LogP contribution is -2.66. The van der Waals surface area contributed by atoms with Gasteiger partial charge in [0.15, 0.2) is 5.84 Å². The standard InChI is InChI=1S/C22H21ClF3N5O/c1-12-5-2-9-16(29-12)19(27)30-11-13-6-3-10-17(20(30)28)31(13)21(32)14-7-4-8-15(18(14)23)22(24,25)26/h2,4-5,7-9,13,17,27-28H,3,6,10-11H2,1H3. The predicted molar refractivity (Wildman–Crippen MR) is 114 cm³/mol. The number of likely N-dealkylation sites (tertiary alicyclic amines) is 1. The number of hydrogen-bond acceptors (Lipinski definition) is 4. The first-order valence-corrected chi connectivity index (χ1v) is 10.5. The molecule has 0 radical (unpaired) electrons. The largest absolute Gasteiger partial charge is 0.417 e. The van der Waals surface area contributed by atoms with Crippen LogP contribution in [0, 0.1) is 17.7 Å². The van der Waals surface area contributed by atoms with Crippen LogP contribution in [0.25, 0.3) is 0 Å². The van der Waals surface area contributed by atoms with Crippen molar-refractivity contribution in [2.75, 3.05) is 6.54 Å². The second-order valence-electron chi connectivity index (χ2n) is 7.99. The number of amides is 1. The number of fused-ring (bicyclic) bond motifs is 2. The number of carbonyl (C=O) groups is 1. The number of carbonyl (C=O) groups excluding carboxylic acids is 1. The normalized spacial score (nSPS) is 21.0. The first kappa shape index (κ1) is 22.3. The fourth-order valence-corrected chi connectivity index (χ4v) is 4.72. The van der Waals surface area contributed by atoms with Crippen LogP contribution in [0.3, 0.4) is 0 Å². The molecule has 0 spiro atoms. The van der Waals surface area contributed by atoms with E-state index < -0.39 is 28.7 Å². The third-order valence-corrected chi connectivity index (χ3v) is 6.32. The van der Waals surface area contributed by atoms with Gasteiger partial charge in [-0.05, 0) is 50.5 Å². The van der Waals surface area contributed by atoms with E-state index in [-0.39, 0.29) is 29.8 Å². The number of aryl methyl sites for hydroxylation is 1. The number of benzene rings is 1. The SMILES string of the molecule is Cc1cccc(C(=N)N2CC3CCCC(C2=N)N3C(=O)c2cccc(C(F)(F)F)c2Cl)n1. The first-order valence-electron chi connectivity index (χ1n) is 10.2. The highest BCUT2D eigenvalue weighted by Gasteiger charge is 2.46. The molecular weight excluding hydrogens is 443 g/mol. The molecule has 3 heterocycles. The second kappa shape index (κ2) is 8.20. The molecule has 1 amide bonds. The number of pyridine rings is 1. The maximum absolute atomic E-state index is 13.3. The molecule has 2 aromatic rings. The average molecular weight is 464 g/mol. The molecule has 1 aromatic carbocycles. The minimum Gasteiger partial charge on any atom is -0.324 e. The Balaban J connectivity index is 1.65. The van der Waals surface area contributed by atoms with E-state index in [4.69, 9.17) is 22.4 Å². The molecule has 4 rings (SSSR count). The van der Waals surface area contributed by atoms with E-state index in [2.05, 4.69) is 4.98 Å². The van der Waals surface area contributed by atoms with Crippen LogP contribution < -0.4 is 0 Å². The van der Waals surface area contributed by atoms with Crippen LogP contribution in [0.5, 0.6) is 0 Å². The van der Waals surface area contributed by atoms with Gasteiger partial charge < -0.3 is 9.80 Å². The van der Waals surface area contributed by atoms with Crippen LogP contribution in [-0.2, 0) is 6.18 Å². The lowest BCUT2D eigenvalue weighted by molar-refractivity contribution is -0.137. The fourth-order valence-electron chi connectivity index (χ4n) is 4.40. The fraction of sp³-hybridized carbons (Fsp3) is 0.364. The number of nitrogens with one attached hydrogen (secondary N) is 2. The molecule has 0 saturated carbocycles. The summed E-state index contributed by atoms with van der Waals surface area (Å²) in [7, 11) is 0. The monoisotopic (exact) mass is 463 g/mol. The lowest BCUT2D eigenvalue weighted by Gasteiger charge is -2.50. The molecule has 2 N–H and O–H groups in total. The van der Waals surface area contributed by atoms with E-state index in [0.29, 0.717) is 18.5 Å². The smallest absolute Gasteiger partial charge is 0.324 e. The summed E-state index contributed by atoms with van der Waals surface area (Å²) < 4.78 is 39.8. The van der Waals surface area contributed by atoms with E-state index >= 15 is 0 Å². The number of amidine groups is 2. The van der Waals surface area contributed by atoms with E-state index in [1.165, 1.54) is 21.9 Å². The number of piperazine rings is 1. The zero-order valence-corrected chi connectivity index (χ0v) is 18.0. The highest BCUT2D eigenvalue weighted by atomic mass is 35.5. The third-order valence-electron chi connectivity index (χ3n) is 5.91. The summed E-state index contributed by atoms with van der Waals surface area (Å²) in [5.41, 5.74) is -0.119. The first-order chi connectivity index (χ1) is 15.1. The molecular formula is C22H21ClF3N5O. The van der Waals surface area contributed by atoms with Gasteiger partial charge >= 0.3 is 6.18 Å². The number of nitrogens with zero attached hydrogens (tertiary/aromatic N) is 3. The van der Waals surface area contributed by atoms with E-state index in [9.17, 15) is 18.0 Å². The van der Waals surface area contributed by atoms with Crippen molar-refractivity contribution >= 4 is 29.2 Å². The Bertz CT molecular complexity index is 1100. The molecule has 2 saturated heterocycles. The Morgan fingerprint density at radius 2 is 1.91 bits per heavy atom. The van der Waals surface area contributed by atoms with Gasteiger partial charge in [0, 0.05) is 12.2 Å².